The minimum atomic E-state index is -0.175. The van der Waals surface area contributed by atoms with Crippen LogP contribution < -0.4 is 5.32 Å². The molecule has 80 valence electrons. The zero-order valence-electron chi connectivity index (χ0n) is 7.76. The predicted octanol–water partition coefficient (Wildman–Crippen LogP) is 2.49. The van der Waals surface area contributed by atoms with E-state index in [4.69, 9.17) is 0 Å². The van der Waals surface area contributed by atoms with Crippen molar-refractivity contribution in [2.24, 2.45) is 0 Å². The number of nitrogens with one attached hydrogen (secondary N) is 1. The topological polar surface area (TPSA) is 49.3 Å². The van der Waals surface area contributed by atoms with E-state index in [1.807, 2.05) is 28.7 Å². The van der Waals surface area contributed by atoms with E-state index in [9.17, 15) is 9.90 Å². The normalized spacial score (nSPS) is 15.1. The molecule has 0 saturated heterocycles. The number of hydrogen-bond donors (Lipinski definition) is 2. The van der Waals surface area contributed by atoms with E-state index in [0.717, 1.165) is 16.4 Å². The zero-order valence-corrected chi connectivity index (χ0v) is 12.1. The maximum Gasteiger partial charge on any atom is 0.255 e. The summed E-state index contributed by atoms with van der Waals surface area (Å²) in [6.07, 6.45) is 2.10. The SMILES string of the molecule is O=C(NC1CC1)c1cc(I)cc(I)c1O. The van der Waals surface area contributed by atoms with Crippen LogP contribution >= 0.6 is 45.2 Å². The summed E-state index contributed by atoms with van der Waals surface area (Å²) in [5.74, 6) is -0.0967. The third-order valence-corrected chi connectivity index (χ3v) is 3.63. The molecule has 2 N–H and O–H groups in total. The van der Waals surface area contributed by atoms with Crippen LogP contribution in [-0.4, -0.2) is 17.1 Å². The van der Waals surface area contributed by atoms with Gasteiger partial charge < -0.3 is 10.4 Å². The number of halogens is 2. The Kier molecular flexibility index (Phi) is 3.39. The molecule has 5 heteroatoms. The second-order valence-electron chi connectivity index (χ2n) is 3.53. The highest BCUT2D eigenvalue weighted by atomic mass is 127. The standard InChI is InChI=1S/C10H9I2NO2/c11-5-3-7(9(14)8(12)4-5)10(15)13-6-1-2-6/h3-4,6,14H,1-2H2,(H,13,15). The van der Waals surface area contributed by atoms with Crippen LogP contribution in [-0.2, 0) is 0 Å². The molecule has 1 aromatic carbocycles. The summed E-state index contributed by atoms with van der Waals surface area (Å²) in [6.45, 7) is 0. The van der Waals surface area contributed by atoms with Crippen molar-refractivity contribution in [3.63, 3.8) is 0 Å². The first-order chi connectivity index (χ1) is 7.08. The van der Waals surface area contributed by atoms with Crippen LogP contribution in [0.4, 0.5) is 0 Å². The van der Waals surface area contributed by atoms with Crippen LogP contribution in [0.2, 0.25) is 0 Å². The number of carbonyl (C=O) groups is 1. The quantitative estimate of drug-likeness (QED) is 0.711. The van der Waals surface area contributed by atoms with Crippen LogP contribution in [0.1, 0.15) is 23.2 Å². The van der Waals surface area contributed by atoms with Gasteiger partial charge in [0.25, 0.3) is 5.91 Å². The van der Waals surface area contributed by atoms with Crippen molar-refractivity contribution in [3.05, 3.63) is 24.8 Å². The molecule has 0 spiro atoms. The minimum absolute atomic E-state index is 0.0779. The van der Waals surface area contributed by atoms with E-state index in [2.05, 4.69) is 27.9 Å². The average molecular weight is 429 g/mol. The van der Waals surface area contributed by atoms with Crippen LogP contribution in [0.25, 0.3) is 0 Å². The monoisotopic (exact) mass is 429 g/mol. The fourth-order valence-electron chi connectivity index (χ4n) is 1.23. The summed E-state index contributed by atoms with van der Waals surface area (Å²) >= 11 is 4.16. The van der Waals surface area contributed by atoms with Gasteiger partial charge in [-0.25, -0.2) is 0 Å². The summed E-state index contributed by atoms with van der Waals surface area (Å²) in [5, 5.41) is 12.6. The Morgan fingerprint density at radius 3 is 2.67 bits per heavy atom. The van der Waals surface area contributed by atoms with Gasteiger partial charge in [0, 0.05) is 9.61 Å². The Balaban J connectivity index is 2.28. The van der Waals surface area contributed by atoms with Crippen molar-refractivity contribution in [3.8, 4) is 5.75 Å². The van der Waals surface area contributed by atoms with Gasteiger partial charge >= 0.3 is 0 Å². The lowest BCUT2D eigenvalue weighted by molar-refractivity contribution is 0.0948. The van der Waals surface area contributed by atoms with E-state index in [1.165, 1.54) is 0 Å². The molecule has 1 aliphatic rings. The second kappa shape index (κ2) is 4.44. The van der Waals surface area contributed by atoms with Gasteiger partial charge in [0.15, 0.2) is 0 Å². The number of phenols is 1. The van der Waals surface area contributed by atoms with Gasteiger partial charge in [0.2, 0.25) is 0 Å². The third kappa shape index (κ3) is 2.74. The molecular weight excluding hydrogens is 420 g/mol. The lowest BCUT2D eigenvalue weighted by Crippen LogP contribution is -2.25. The lowest BCUT2D eigenvalue weighted by atomic mass is 10.2. The van der Waals surface area contributed by atoms with Crippen LogP contribution in [0, 0.1) is 7.14 Å². The molecule has 3 nitrogen and oxygen atoms in total. The van der Waals surface area contributed by atoms with E-state index in [0.29, 0.717) is 15.2 Å². The molecule has 0 aromatic heterocycles. The van der Waals surface area contributed by atoms with Gasteiger partial charge in [-0.2, -0.15) is 0 Å². The maximum absolute atomic E-state index is 11.7. The fraction of sp³-hybridized carbons (Fsp3) is 0.300. The van der Waals surface area contributed by atoms with E-state index >= 15 is 0 Å². The number of phenolic OH excluding ortho intramolecular Hbond substituents is 1. The second-order valence-corrected chi connectivity index (χ2v) is 5.94. The molecular formula is C10H9I2NO2. The Bertz CT molecular complexity index is 416. The van der Waals surface area contributed by atoms with Gasteiger partial charge in [-0.3, -0.25) is 4.79 Å². The highest BCUT2D eigenvalue weighted by Gasteiger charge is 2.25. The Labute approximate surface area is 115 Å². The van der Waals surface area contributed by atoms with Gasteiger partial charge in [0.05, 0.1) is 9.13 Å². The molecule has 1 saturated carbocycles. The fourth-order valence-corrected chi connectivity index (χ4v) is 3.07. The van der Waals surface area contributed by atoms with E-state index < -0.39 is 0 Å². The maximum atomic E-state index is 11.7. The first kappa shape index (κ1) is 11.4. The molecule has 0 aliphatic heterocycles. The highest BCUT2D eigenvalue weighted by Crippen LogP contribution is 2.28. The molecule has 0 unspecified atom stereocenters. The molecule has 0 bridgehead atoms. The van der Waals surface area contributed by atoms with Gasteiger partial charge in [-0.15, -0.1) is 0 Å². The summed E-state index contributed by atoms with van der Waals surface area (Å²) < 4.78 is 1.66. The molecule has 1 aliphatic carbocycles. The van der Waals surface area contributed by atoms with Crippen LogP contribution in [0.15, 0.2) is 12.1 Å². The molecule has 0 atom stereocenters. The van der Waals surface area contributed by atoms with Crippen LogP contribution in [0.5, 0.6) is 5.75 Å². The molecule has 15 heavy (non-hydrogen) atoms. The van der Waals surface area contributed by atoms with Crippen molar-refractivity contribution in [1.29, 1.82) is 0 Å². The van der Waals surface area contributed by atoms with Crippen molar-refractivity contribution in [2.75, 3.05) is 0 Å². The number of benzene rings is 1. The van der Waals surface area contributed by atoms with Crippen molar-refractivity contribution in [2.45, 2.75) is 18.9 Å². The third-order valence-electron chi connectivity index (χ3n) is 2.19. The predicted molar refractivity (Wildman–Crippen MR) is 74.0 cm³/mol. The van der Waals surface area contributed by atoms with Gasteiger partial charge in [0.1, 0.15) is 5.75 Å². The van der Waals surface area contributed by atoms with Gasteiger partial charge in [-0.05, 0) is 70.2 Å². The first-order valence-electron chi connectivity index (χ1n) is 4.57. The highest BCUT2D eigenvalue weighted by molar-refractivity contribution is 14.1. The molecule has 0 radical (unpaired) electrons. The number of amides is 1. The zero-order chi connectivity index (χ0) is 11.0. The van der Waals surface area contributed by atoms with E-state index in [-0.39, 0.29) is 11.7 Å². The number of rotatable bonds is 2. The Morgan fingerprint density at radius 2 is 2.07 bits per heavy atom. The summed E-state index contributed by atoms with van der Waals surface area (Å²) in [6, 6.07) is 3.85. The average Bonchev–Trinajstić information content (AvgIpc) is 2.94. The van der Waals surface area contributed by atoms with Crippen molar-refractivity contribution in [1.82, 2.24) is 5.32 Å². The molecule has 1 amide bonds. The first-order valence-corrected chi connectivity index (χ1v) is 6.72. The summed E-state index contributed by atoms with van der Waals surface area (Å²) in [4.78, 5) is 11.7. The number of hydrogen-bond acceptors (Lipinski definition) is 2. The molecule has 1 aromatic rings. The number of aromatic hydroxyl groups is 1. The smallest absolute Gasteiger partial charge is 0.255 e. The minimum Gasteiger partial charge on any atom is -0.506 e. The van der Waals surface area contributed by atoms with Crippen molar-refractivity contribution < 1.29 is 9.90 Å². The Hall–Kier alpha value is -0.0500. The largest absolute Gasteiger partial charge is 0.506 e. The molecule has 1 fully saturated rings. The van der Waals surface area contributed by atoms with Crippen LogP contribution in [0.3, 0.4) is 0 Å². The number of carbonyl (C=O) groups excluding carboxylic acids is 1. The summed E-state index contributed by atoms with van der Waals surface area (Å²) in [7, 11) is 0. The van der Waals surface area contributed by atoms with E-state index in [1.54, 1.807) is 6.07 Å². The molecule has 0 heterocycles. The summed E-state index contributed by atoms with van der Waals surface area (Å²) in [5.41, 5.74) is 0.373. The van der Waals surface area contributed by atoms with Gasteiger partial charge in [-0.1, -0.05) is 0 Å². The Morgan fingerprint density at radius 1 is 1.40 bits per heavy atom. The molecule has 2 rings (SSSR count). The van der Waals surface area contributed by atoms with Crippen molar-refractivity contribution >= 4 is 51.1 Å². The lowest BCUT2D eigenvalue weighted by Gasteiger charge is -2.07.